The minimum atomic E-state index is -0.398. The van der Waals surface area contributed by atoms with Crippen molar-refractivity contribution in [2.45, 2.75) is 32.7 Å². The van der Waals surface area contributed by atoms with Gasteiger partial charge in [0, 0.05) is 6.04 Å². The summed E-state index contributed by atoms with van der Waals surface area (Å²) in [5.74, 6) is 0.292. The summed E-state index contributed by atoms with van der Waals surface area (Å²) in [5, 5.41) is 3.32. The van der Waals surface area contributed by atoms with Gasteiger partial charge < -0.3 is 9.73 Å². The van der Waals surface area contributed by atoms with Gasteiger partial charge in [-0.2, -0.15) is 0 Å². The van der Waals surface area contributed by atoms with E-state index in [0.29, 0.717) is 17.5 Å². The fraction of sp³-hybridized carbons (Fsp3) is 0.500. The minimum Gasteiger partial charge on any atom is -0.408 e. The molecule has 1 aromatic heterocycles. The van der Waals surface area contributed by atoms with Crippen LogP contribution >= 0.6 is 0 Å². The molecule has 0 fully saturated rings. The van der Waals surface area contributed by atoms with Crippen LogP contribution in [0.4, 0.5) is 0 Å². The lowest BCUT2D eigenvalue weighted by Gasteiger charge is -2.17. The van der Waals surface area contributed by atoms with Gasteiger partial charge in [-0.3, -0.25) is 4.98 Å². The summed E-state index contributed by atoms with van der Waals surface area (Å²) in [6, 6.07) is 6.18. The third-order valence-corrected chi connectivity index (χ3v) is 3.23. The molecule has 0 spiro atoms. The predicted molar refractivity (Wildman–Crippen MR) is 72.7 cm³/mol. The van der Waals surface area contributed by atoms with Gasteiger partial charge in [0.15, 0.2) is 5.58 Å². The van der Waals surface area contributed by atoms with E-state index in [0.717, 1.165) is 17.5 Å². The fourth-order valence-electron chi connectivity index (χ4n) is 2.16. The summed E-state index contributed by atoms with van der Waals surface area (Å²) < 4.78 is 5.09. The van der Waals surface area contributed by atoms with Gasteiger partial charge >= 0.3 is 5.76 Å². The van der Waals surface area contributed by atoms with Gasteiger partial charge in [-0.05, 0) is 43.5 Å². The highest BCUT2D eigenvalue weighted by atomic mass is 16.4. The predicted octanol–water partition coefficient (Wildman–Crippen LogP) is 2.82. The summed E-state index contributed by atoms with van der Waals surface area (Å²) in [5.41, 5.74) is 2.54. The van der Waals surface area contributed by atoms with Crippen molar-refractivity contribution in [1.29, 1.82) is 0 Å². The number of benzene rings is 1. The molecule has 0 aliphatic carbocycles. The number of H-pyrrole nitrogens is 1. The second kappa shape index (κ2) is 5.40. The first kappa shape index (κ1) is 12.9. The quantitative estimate of drug-likeness (QED) is 0.855. The second-order valence-electron chi connectivity index (χ2n) is 5.08. The molecular weight excluding hydrogens is 228 g/mol. The van der Waals surface area contributed by atoms with Gasteiger partial charge in [-0.15, -0.1) is 0 Å². The van der Waals surface area contributed by atoms with Crippen molar-refractivity contribution in [2.24, 2.45) is 5.92 Å². The minimum absolute atomic E-state index is 0.303. The van der Waals surface area contributed by atoms with E-state index in [1.165, 1.54) is 6.42 Å². The highest BCUT2D eigenvalue weighted by molar-refractivity contribution is 5.72. The van der Waals surface area contributed by atoms with E-state index in [2.05, 4.69) is 24.1 Å². The summed E-state index contributed by atoms with van der Waals surface area (Å²) >= 11 is 0. The van der Waals surface area contributed by atoms with Crippen LogP contribution in [0.25, 0.3) is 11.1 Å². The number of rotatable bonds is 5. The molecule has 1 unspecified atom stereocenters. The number of oxazole rings is 1. The zero-order valence-electron chi connectivity index (χ0n) is 11.1. The van der Waals surface area contributed by atoms with Crippen molar-refractivity contribution in [3.8, 4) is 0 Å². The van der Waals surface area contributed by atoms with Crippen LogP contribution in [0.5, 0.6) is 0 Å². The molecular formula is C14H20N2O2. The van der Waals surface area contributed by atoms with Crippen LogP contribution in [-0.2, 0) is 0 Å². The lowest BCUT2D eigenvalue weighted by Crippen LogP contribution is -2.16. The van der Waals surface area contributed by atoms with Crippen molar-refractivity contribution >= 4 is 11.1 Å². The maximum atomic E-state index is 11.1. The van der Waals surface area contributed by atoms with E-state index >= 15 is 0 Å². The van der Waals surface area contributed by atoms with Gasteiger partial charge in [0.05, 0.1) is 5.52 Å². The smallest absolute Gasteiger partial charge is 0.408 e. The first-order valence-electron chi connectivity index (χ1n) is 6.40. The number of nitrogens with one attached hydrogen (secondary N) is 2. The topological polar surface area (TPSA) is 58.0 Å². The van der Waals surface area contributed by atoms with Gasteiger partial charge in [0.25, 0.3) is 0 Å². The number of fused-ring (bicyclic) bond motifs is 1. The van der Waals surface area contributed by atoms with Crippen LogP contribution in [-0.4, -0.2) is 12.0 Å². The molecule has 98 valence electrons. The Hall–Kier alpha value is -1.55. The van der Waals surface area contributed by atoms with E-state index in [1.807, 2.05) is 25.2 Å². The number of hydrogen-bond donors (Lipinski definition) is 2. The highest BCUT2D eigenvalue weighted by Gasteiger charge is 2.12. The van der Waals surface area contributed by atoms with E-state index in [-0.39, 0.29) is 0 Å². The molecule has 18 heavy (non-hydrogen) atoms. The lowest BCUT2D eigenvalue weighted by atomic mass is 9.97. The Morgan fingerprint density at radius 3 is 2.78 bits per heavy atom. The molecule has 4 nitrogen and oxygen atoms in total. The third kappa shape index (κ3) is 2.82. The van der Waals surface area contributed by atoms with Gasteiger partial charge in [0.2, 0.25) is 0 Å². The fourth-order valence-corrected chi connectivity index (χ4v) is 2.16. The SMILES string of the molecule is CNC(CCC(C)C)c1ccc2[nH]c(=O)oc2c1. The zero-order valence-corrected chi connectivity index (χ0v) is 11.1. The average Bonchev–Trinajstić information content (AvgIpc) is 2.68. The van der Waals surface area contributed by atoms with Gasteiger partial charge in [-0.1, -0.05) is 19.9 Å². The summed E-state index contributed by atoms with van der Waals surface area (Å²) in [6.07, 6.45) is 2.24. The molecule has 0 aliphatic rings. The Bertz CT molecular complexity index is 568. The van der Waals surface area contributed by atoms with E-state index < -0.39 is 5.76 Å². The molecule has 0 bridgehead atoms. The molecule has 2 aromatic rings. The van der Waals surface area contributed by atoms with Crippen LogP contribution in [0.2, 0.25) is 0 Å². The number of hydrogen-bond acceptors (Lipinski definition) is 3. The second-order valence-corrected chi connectivity index (χ2v) is 5.08. The summed E-state index contributed by atoms with van der Waals surface area (Å²) in [7, 11) is 1.96. The summed E-state index contributed by atoms with van der Waals surface area (Å²) in [6.45, 7) is 4.45. The Kier molecular flexibility index (Phi) is 3.87. The normalized spacial score (nSPS) is 13.3. The van der Waals surface area contributed by atoms with E-state index in [1.54, 1.807) is 0 Å². The number of aromatic nitrogens is 1. The Morgan fingerprint density at radius 2 is 2.11 bits per heavy atom. The van der Waals surface area contributed by atoms with Gasteiger partial charge in [0.1, 0.15) is 0 Å². The first-order valence-corrected chi connectivity index (χ1v) is 6.40. The Labute approximate surface area is 106 Å². The van der Waals surface area contributed by atoms with Crippen LogP contribution in [0.15, 0.2) is 27.4 Å². The van der Waals surface area contributed by atoms with Crippen molar-refractivity contribution in [1.82, 2.24) is 10.3 Å². The molecule has 0 saturated carbocycles. The molecule has 0 radical (unpaired) electrons. The van der Waals surface area contributed by atoms with Crippen molar-refractivity contribution in [2.75, 3.05) is 7.05 Å². The first-order chi connectivity index (χ1) is 8.60. The summed E-state index contributed by atoms with van der Waals surface area (Å²) in [4.78, 5) is 13.8. The Balaban J connectivity index is 2.24. The standard InChI is InChI=1S/C14H20N2O2/c1-9(2)4-6-11(15-3)10-5-7-12-13(8-10)18-14(17)16-12/h5,7-9,11,15H,4,6H2,1-3H3,(H,16,17). The van der Waals surface area contributed by atoms with E-state index in [9.17, 15) is 4.79 Å². The monoisotopic (exact) mass is 248 g/mol. The van der Waals surface area contributed by atoms with Crippen molar-refractivity contribution < 1.29 is 4.42 Å². The highest BCUT2D eigenvalue weighted by Crippen LogP contribution is 2.23. The van der Waals surface area contributed by atoms with Crippen LogP contribution in [0, 0.1) is 5.92 Å². The molecule has 1 aromatic carbocycles. The van der Waals surface area contributed by atoms with Crippen LogP contribution in [0.1, 0.15) is 38.3 Å². The molecule has 4 heteroatoms. The molecule has 0 aliphatic heterocycles. The molecule has 1 atom stereocenters. The third-order valence-electron chi connectivity index (χ3n) is 3.23. The van der Waals surface area contributed by atoms with Crippen molar-refractivity contribution in [3.05, 3.63) is 34.3 Å². The largest absolute Gasteiger partial charge is 0.417 e. The maximum Gasteiger partial charge on any atom is 0.417 e. The molecule has 1 heterocycles. The van der Waals surface area contributed by atoms with Crippen molar-refractivity contribution in [3.63, 3.8) is 0 Å². The van der Waals surface area contributed by atoms with Crippen LogP contribution < -0.4 is 11.1 Å². The van der Waals surface area contributed by atoms with E-state index in [4.69, 9.17) is 4.42 Å². The number of aromatic amines is 1. The average molecular weight is 248 g/mol. The molecule has 0 saturated heterocycles. The Morgan fingerprint density at radius 1 is 1.33 bits per heavy atom. The zero-order chi connectivity index (χ0) is 13.1. The van der Waals surface area contributed by atoms with Crippen LogP contribution in [0.3, 0.4) is 0 Å². The molecule has 2 rings (SSSR count). The molecule has 2 N–H and O–H groups in total. The molecule has 0 amide bonds. The maximum absolute atomic E-state index is 11.1. The van der Waals surface area contributed by atoms with Gasteiger partial charge in [-0.25, -0.2) is 4.79 Å². The lowest BCUT2D eigenvalue weighted by molar-refractivity contribution is 0.464.